The van der Waals surface area contributed by atoms with Gasteiger partial charge in [0.05, 0.1) is 12.3 Å². The number of aromatic nitrogens is 2. The molecule has 2 aliphatic rings. The Labute approximate surface area is 127 Å². The molecule has 0 amide bonds. The number of ether oxygens (including phenoxy) is 1. The van der Waals surface area contributed by atoms with Crippen molar-refractivity contribution < 1.29 is 4.74 Å². The van der Waals surface area contributed by atoms with E-state index >= 15 is 0 Å². The monoisotopic (exact) mass is 290 g/mol. The van der Waals surface area contributed by atoms with E-state index in [0.717, 1.165) is 64.4 Å². The molecule has 0 spiro atoms. The Hall–Kier alpha value is -1.04. The molecule has 2 aliphatic heterocycles. The zero-order valence-electron chi connectivity index (χ0n) is 13.2. The summed E-state index contributed by atoms with van der Waals surface area (Å²) < 4.78 is 5.93. The first-order chi connectivity index (χ1) is 10.3. The first-order valence-electron chi connectivity index (χ1n) is 8.25. The van der Waals surface area contributed by atoms with Crippen LogP contribution < -0.4 is 5.32 Å². The molecule has 0 bridgehead atoms. The van der Waals surface area contributed by atoms with E-state index in [1.807, 2.05) is 0 Å². The zero-order chi connectivity index (χ0) is 14.7. The summed E-state index contributed by atoms with van der Waals surface area (Å²) in [5, 5.41) is 3.42. The number of nitrogens with zero attached hydrogens (tertiary/aromatic N) is 3. The van der Waals surface area contributed by atoms with Gasteiger partial charge in [-0.15, -0.1) is 0 Å². The number of hydrogen-bond donors (Lipinski definition) is 1. The van der Waals surface area contributed by atoms with Crippen LogP contribution in [0.25, 0.3) is 0 Å². The summed E-state index contributed by atoms with van der Waals surface area (Å²) in [6, 6.07) is 0. The maximum Gasteiger partial charge on any atom is 0.158 e. The van der Waals surface area contributed by atoms with Crippen LogP contribution in [-0.4, -0.2) is 47.7 Å². The van der Waals surface area contributed by atoms with Crippen LogP contribution in [0.1, 0.15) is 49.1 Å². The van der Waals surface area contributed by atoms with Crippen molar-refractivity contribution in [2.24, 2.45) is 0 Å². The first kappa shape index (κ1) is 14.9. The molecule has 0 aliphatic carbocycles. The fraction of sp³-hybridized carbons (Fsp3) is 0.750. The van der Waals surface area contributed by atoms with Crippen LogP contribution >= 0.6 is 0 Å². The lowest BCUT2D eigenvalue weighted by atomic mass is 10.0. The van der Waals surface area contributed by atoms with Crippen LogP contribution in [0.4, 0.5) is 0 Å². The topological polar surface area (TPSA) is 50.3 Å². The highest BCUT2D eigenvalue weighted by atomic mass is 16.5. The molecule has 1 fully saturated rings. The second-order valence-corrected chi connectivity index (χ2v) is 5.88. The molecule has 1 aromatic heterocycles. The molecule has 1 unspecified atom stereocenters. The maximum absolute atomic E-state index is 5.93. The minimum absolute atomic E-state index is 0.0292. The highest BCUT2D eigenvalue weighted by Gasteiger charge is 2.26. The molecular formula is C16H26N4O. The van der Waals surface area contributed by atoms with Crippen molar-refractivity contribution in [2.75, 3.05) is 32.8 Å². The summed E-state index contributed by atoms with van der Waals surface area (Å²) in [6.07, 6.45) is 3.25. The van der Waals surface area contributed by atoms with Crippen LogP contribution in [0.3, 0.4) is 0 Å². The summed E-state index contributed by atoms with van der Waals surface area (Å²) >= 11 is 0. The average molecular weight is 290 g/mol. The van der Waals surface area contributed by atoms with Gasteiger partial charge < -0.3 is 10.1 Å². The summed E-state index contributed by atoms with van der Waals surface area (Å²) in [5.74, 6) is 0.888. The van der Waals surface area contributed by atoms with Gasteiger partial charge in [0.15, 0.2) is 5.82 Å². The third-order valence-corrected chi connectivity index (χ3v) is 4.41. The third kappa shape index (κ3) is 3.25. The number of aryl methyl sites for hydroxylation is 1. The number of fused-ring (bicyclic) bond motifs is 1. The second-order valence-electron chi connectivity index (χ2n) is 5.88. The lowest BCUT2D eigenvalue weighted by Gasteiger charge is -2.32. The fourth-order valence-electron chi connectivity index (χ4n) is 3.19. The molecular weight excluding hydrogens is 264 g/mol. The van der Waals surface area contributed by atoms with Crippen molar-refractivity contribution >= 4 is 0 Å². The van der Waals surface area contributed by atoms with Crippen LogP contribution in [0.2, 0.25) is 0 Å². The van der Waals surface area contributed by atoms with Gasteiger partial charge in [-0.1, -0.05) is 20.3 Å². The van der Waals surface area contributed by atoms with Gasteiger partial charge in [0.2, 0.25) is 0 Å². The Morgan fingerprint density at radius 1 is 1.33 bits per heavy atom. The van der Waals surface area contributed by atoms with Gasteiger partial charge in [-0.2, -0.15) is 0 Å². The molecule has 5 heteroatoms. The standard InChI is InChI=1S/C16H26N4O/c1-3-5-13-12-6-7-17-10-14(12)19-16(18-13)15-11-20(4-2)8-9-21-15/h15,17H,3-11H2,1-2H3. The smallest absolute Gasteiger partial charge is 0.158 e. The summed E-state index contributed by atoms with van der Waals surface area (Å²) in [4.78, 5) is 12.1. The molecule has 1 atom stereocenters. The Balaban J connectivity index is 1.89. The largest absolute Gasteiger partial charge is 0.368 e. The van der Waals surface area contributed by atoms with E-state index in [1.165, 1.54) is 17.0 Å². The molecule has 3 rings (SSSR count). The maximum atomic E-state index is 5.93. The lowest BCUT2D eigenvalue weighted by Crippen LogP contribution is -2.39. The predicted octanol–water partition coefficient (Wildman–Crippen LogP) is 1.47. The predicted molar refractivity (Wildman–Crippen MR) is 82.2 cm³/mol. The van der Waals surface area contributed by atoms with Crippen LogP contribution in [0.15, 0.2) is 0 Å². The molecule has 5 nitrogen and oxygen atoms in total. The van der Waals surface area contributed by atoms with Crippen molar-refractivity contribution in [1.29, 1.82) is 0 Å². The normalized spacial score (nSPS) is 23.0. The second kappa shape index (κ2) is 6.81. The van der Waals surface area contributed by atoms with Gasteiger partial charge >= 0.3 is 0 Å². The van der Waals surface area contributed by atoms with E-state index in [4.69, 9.17) is 14.7 Å². The minimum atomic E-state index is 0.0292. The quantitative estimate of drug-likeness (QED) is 0.910. The van der Waals surface area contributed by atoms with E-state index in [1.54, 1.807) is 0 Å². The van der Waals surface area contributed by atoms with Crippen LogP contribution in [0.5, 0.6) is 0 Å². The van der Waals surface area contributed by atoms with Gasteiger partial charge in [-0.25, -0.2) is 9.97 Å². The lowest BCUT2D eigenvalue weighted by molar-refractivity contribution is -0.0328. The summed E-state index contributed by atoms with van der Waals surface area (Å²) in [7, 11) is 0. The van der Waals surface area contributed by atoms with Gasteiger partial charge in [-0.3, -0.25) is 4.90 Å². The van der Waals surface area contributed by atoms with Crippen molar-refractivity contribution in [3.63, 3.8) is 0 Å². The van der Waals surface area contributed by atoms with Gasteiger partial charge in [0.25, 0.3) is 0 Å². The van der Waals surface area contributed by atoms with Crippen LogP contribution in [0, 0.1) is 0 Å². The van der Waals surface area contributed by atoms with Gasteiger partial charge in [0.1, 0.15) is 6.10 Å². The number of rotatable bonds is 4. The molecule has 0 radical (unpaired) electrons. The number of morpholine rings is 1. The van der Waals surface area contributed by atoms with Crippen molar-refractivity contribution in [3.8, 4) is 0 Å². The number of nitrogens with one attached hydrogen (secondary N) is 1. The molecule has 3 heterocycles. The van der Waals surface area contributed by atoms with Gasteiger partial charge in [-0.05, 0) is 31.5 Å². The van der Waals surface area contributed by atoms with Crippen LogP contribution in [-0.2, 0) is 24.1 Å². The Kier molecular flexibility index (Phi) is 4.83. The van der Waals surface area contributed by atoms with E-state index in [9.17, 15) is 0 Å². The van der Waals surface area contributed by atoms with Crippen molar-refractivity contribution in [3.05, 3.63) is 22.8 Å². The van der Waals surface area contributed by atoms with Crippen molar-refractivity contribution in [1.82, 2.24) is 20.2 Å². The van der Waals surface area contributed by atoms with E-state index in [-0.39, 0.29) is 6.10 Å². The average Bonchev–Trinajstić information content (AvgIpc) is 2.55. The molecule has 1 aromatic rings. The Morgan fingerprint density at radius 3 is 3.05 bits per heavy atom. The molecule has 116 valence electrons. The minimum Gasteiger partial charge on any atom is -0.368 e. The molecule has 1 N–H and O–H groups in total. The fourth-order valence-corrected chi connectivity index (χ4v) is 3.19. The zero-order valence-corrected chi connectivity index (χ0v) is 13.2. The molecule has 21 heavy (non-hydrogen) atoms. The molecule has 1 saturated heterocycles. The Morgan fingerprint density at radius 2 is 2.24 bits per heavy atom. The highest BCUT2D eigenvalue weighted by Crippen LogP contribution is 2.24. The Bertz CT molecular complexity index is 491. The highest BCUT2D eigenvalue weighted by molar-refractivity contribution is 5.29. The van der Waals surface area contributed by atoms with E-state index in [0.29, 0.717) is 0 Å². The molecule has 0 aromatic carbocycles. The first-order valence-corrected chi connectivity index (χ1v) is 8.25. The van der Waals surface area contributed by atoms with Crippen molar-refractivity contribution in [2.45, 2.75) is 45.8 Å². The van der Waals surface area contributed by atoms with E-state index in [2.05, 4.69) is 24.1 Å². The van der Waals surface area contributed by atoms with E-state index < -0.39 is 0 Å². The third-order valence-electron chi connectivity index (χ3n) is 4.41. The number of likely N-dealkylation sites (N-methyl/N-ethyl adjacent to an activating group) is 1. The number of hydrogen-bond acceptors (Lipinski definition) is 5. The SMILES string of the molecule is CCCc1nc(C2CN(CC)CCO2)nc2c1CCNC2. The summed E-state index contributed by atoms with van der Waals surface area (Å²) in [5.41, 5.74) is 3.81. The molecule has 0 saturated carbocycles. The summed E-state index contributed by atoms with van der Waals surface area (Å²) in [6.45, 7) is 10.1. The van der Waals surface area contributed by atoms with Gasteiger partial charge in [0, 0.05) is 25.3 Å².